The van der Waals surface area contributed by atoms with Gasteiger partial charge in [0.1, 0.15) is 0 Å². The van der Waals surface area contributed by atoms with Gasteiger partial charge in [0, 0.05) is 0 Å². The van der Waals surface area contributed by atoms with E-state index in [1.165, 1.54) is 77.0 Å². The first-order valence-corrected chi connectivity index (χ1v) is 29.3. The van der Waals surface area contributed by atoms with Crippen LogP contribution in [0.15, 0.2) is 0 Å². The Labute approximate surface area is 325 Å². The average Bonchev–Trinajstić information content (AvgIpc) is 3.69. The molecule has 0 aromatic carbocycles. The molecule has 0 aromatic rings. The van der Waals surface area contributed by atoms with Gasteiger partial charge in [0.25, 0.3) is 0 Å². The van der Waals surface area contributed by atoms with Crippen molar-refractivity contribution in [2.24, 2.45) is 70.0 Å². The van der Waals surface area contributed by atoms with Gasteiger partial charge >= 0.3 is 75.7 Å². The predicted octanol–water partition coefficient (Wildman–Crippen LogP) is 16.2. The van der Waals surface area contributed by atoms with Crippen LogP contribution in [0.4, 0.5) is 0 Å². The molecule has 4 aliphatic rings. The van der Waals surface area contributed by atoms with Gasteiger partial charge in [0.05, 0.1) is 0 Å². The fourth-order valence-corrected chi connectivity index (χ4v) is 9.25. The summed E-state index contributed by atoms with van der Waals surface area (Å²) < 4.78 is 0. The van der Waals surface area contributed by atoms with Crippen LogP contribution >= 0.6 is 34.1 Å². The maximum atomic E-state index is 4.93. The molecule has 0 nitrogen and oxygen atoms in total. The van der Waals surface area contributed by atoms with Crippen molar-refractivity contribution >= 4 is 34.1 Å². The monoisotopic (exact) mass is 868 g/mol. The van der Waals surface area contributed by atoms with Gasteiger partial charge in [-0.15, -0.1) is 0 Å². The Morgan fingerprint density at radius 1 is 0.511 bits per heavy atom. The van der Waals surface area contributed by atoms with Crippen molar-refractivity contribution < 1.29 is 41.7 Å². The molecular weight excluding hydrogens is 793 g/mol. The number of hydrogen-bond donors (Lipinski definition) is 0. The molecule has 0 bridgehead atoms. The Bertz CT molecular complexity index is 661. The Balaban J connectivity index is -0.000000185. The van der Waals surface area contributed by atoms with Crippen molar-refractivity contribution in [2.45, 2.75) is 154 Å². The van der Waals surface area contributed by atoms with Crippen molar-refractivity contribution in [2.75, 3.05) is 0 Å². The van der Waals surface area contributed by atoms with E-state index < -0.39 is 41.7 Å². The molecule has 0 heterocycles. The Morgan fingerprint density at radius 3 is 1.22 bits per heavy atom. The normalized spacial score (nSPS) is 33.1. The second-order valence-electron chi connectivity index (χ2n) is 15.6. The maximum absolute atomic E-state index is 4.93. The molecule has 4 rings (SSSR count). The summed E-state index contributed by atoms with van der Waals surface area (Å²) in [4.78, 5) is 0. The summed E-state index contributed by atoms with van der Waals surface area (Å²) in [5, 5.41) is 0. The molecule has 9 unspecified atom stereocenters. The fourth-order valence-electron chi connectivity index (χ4n) is 9.25. The standard InChI is InChI=1S/C18H34.C16H30.CH4.4CH3.4ClH.2Zr/c1-6-14-8-9-16(11-14)18(4,5)17-10-13(3)15(7-2)12-17;1-11-6-7-14(8-11)16(4,5)15-9-12(2)13(3)10-15;;;;;;;;;;;/h13-17H,6-12H2,1-5H3;11-15H,6-10H2,1-5H3;1H4;4*1H3;4*1H;;/q;;;4*-1;;;;;2*+4/p-4. The Morgan fingerprint density at radius 2 is 0.889 bits per heavy atom. The third-order valence-electron chi connectivity index (χ3n) is 12.9. The topological polar surface area (TPSA) is 0 Å². The molecule has 0 aromatic heterocycles. The van der Waals surface area contributed by atoms with E-state index in [1.807, 2.05) is 0 Å². The molecule has 272 valence electrons. The average molecular weight is 873 g/mol. The quantitative estimate of drug-likeness (QED) is 0.233. The third kappa shape index (κ3) is 17.8. The molecule has 0 spiro atoms. The van der Waals surface area contributed by atoms with Gasteiger partial charge in [0.15, 0.2) is 0 Å². The van der Waals surface area contributed by atoms with E-state index >= 15 is 0 Å². The molecule has 6 heteroatoms. The van der Waals surface area contributed by atoms with Crippen molar-refractivity contribution in [3.63, 3.8) is 0 Å². The molecule has 0 N–H and O–H groups in total. The van der Waals surface area contributed by atoms with Crippen LogP contribution in [0.3, 0.4) is 0 Å². The molecule has 4 saturated carbocycles. The molecule has 0 radical (unpaired) electrons. The van der Waals surface area contributed by atoms with E-state index in [1.54, 1.807) is 0 Å². The SMILES string of the molecule is C.CC1CCC(C(C)(C)C2CC(C)C(C)C2)C1.CCC1CCC(C(C)(C)C2CC(C)C(CC)C2)C1.[CH3-].[CH3-].[CH3-].[CH3-].[Cl][Zr+2][Cl].[Cl][Zr+2][Cl]. The van der Waals surface area contributed by atoms with Crippen LogP contribution in [-0.4, -0.2) is 0 Å². The third-order valence-corrected chi connectivity index (χ3v) is 12.9. The minimum atomic E-state index is -0.826. The first kappa shape index (κ1) is 57.3. The van der Waals surface area contributed by atoms with Crippen molar-refractivity contribution in [1.82, 2.24) is 0 Å². The van der Waals surface area contributed by atoms with E-state index in [0.29, 0.717) is 10.8 Å². The summed E-state index contributed by atoms with van der Waals surface area (Å²) in [5.41, 5.74) is 1.20. The van der Waals surface area contributed by atoms with Gasteiger partial charge in [-0.25, -0.2) is 0 Å². The van der Waals surface area contributed by atoms with E-state index in [0.717, 1.165) is 59.2 Å². The van der Waals surface area contributed by atoms with Gasteiger partial charge in [-0.05, 0) is 121 Å². The van der Waals surface area contributed by atoms with Crippen molar-refractivity contribution in [3.05, 3.63) is 29.7 Å². The summed E-state index contributed by atoms with van der Waals surface area (Å²) in [6.45, 7) is 24.9. The van der Waals surface area contributed by atoms with E-state index in [-0.39, 0.29) is 37.1 Å². The first-order chi connectivity index (χ1) is 18.7. The van der Waals surface area contributed by atoms with Crippen LogP contribution in [-0.2, 0) is 41.7 Å². The molecule has 0 aliphatic heterocycles. The van der Waals surface area contributed by atoms with Gasteiger partial charge in [-0.3, -0.25) is 0 Å². The van der Waals surface area contributed by atoms with Crippen molar-refractivity contribution in [1.29, 1.82) is 0 Å². The van der Waals surface area contributed by atoms with Crippen LogP contribution in [0.1, 0.15) is 154 Å². The Hall–Kier alpha value is 2.93. The summed E-state index contributed by atoms with van der Waals surface area (Å²) in [5.74, 6) is 9.94. The van der Waals surface area contributed by atoms with Crippen LogP contribution in [0.25, 0.3) is 0 Å². The summed E-state index contributed by atoms with van der Waals surface area (Å²) in [7, 11) is 19.7. The zero-order valence-corrected chi connectivity index (χ0v) is 39.7. The van der Waals surface area contributed by atoms with E-state index in [9.17, 15) is 0 Å². The van der Waals surface area contributed by atoms with E-state index in [4.69, 9.17) is 34.1 Å². The number of halogens is 4. The summed E-state index contributed by atoms with van der Waals surface area (Å²) in [6, 6.07) is 0. The summed E-state index contributed by atoms with van der Waals surface area (Å²) >= 11 is -1.65. The number of hydrogen-bond acceptors (Lipinski definition) is 0. The van der Waals surface area contributed by atoms with Gasteiger partial charge < -0.3 is 29.7 Å². The molecule has 4 aliphatic carbocycles. The van der Waals surface area contributed by atoms with Gasteiger partial charge in [0.2, 0.25) is 0 Å². The van der Waals surface area contributed by atoms with Gasteiger partial charge in [-0.2, -0.15) is 0 Å². The second kappa shape index (κ2) is 28.5. The zero-order chi connectivity index (χ0) is 30.7. The molecule has 0 saturated heterocycles. The van der Waals surface area contributed by atoms with Crippen LogP contribution in [0, 0.1) is 99.7 Å². The predicted molar refractivity (Wildman–Crippen MR) is 208 cm³/mol. The zero-order valence-electron chi connectivity index (χ0n) is 31.8. The minimum absolute atomic E-state index is 0. The van der Waals surface area contributed by atoms with Crippen molar-refractivity contribution in [3.8, 4) is 0 Å². The molecule has 45 heavy (non-hydrogen) atoms. The molecule has 9 atom stereocenters. The fraction of sp³-hybridized carbons (Fsp3) is 0.897. The Kier molecular flexibility index (Phi) is 36.3. The van der Waals surface area contributed by atoms with Gasteiger partial charge in [-0.1, -0.05) is 102 Å². The summed E-state index contributed by atoms with van der Waals surface area (Å²) in [6.07, 6.45) is 17.8. The van der Waals surface area contributed by atoms with Crippen LogP contribution < -0.4 is 0 Å². The van der Waals surface area contributed by atoms with Crippen LogP contribution in [0.2, 0.25) is 0 Å². The number of rotatable bonds is 6. The molecular formula is C39H80Cl4Zr2. The van der Waals surface area contributed by atoms with Crippen LogP contribution in [0.5, 0.6) is 0 Å². The molecule has 4 fully saturated rings. The van der Waals surface area contributed by atoms with E-state index in [2.05, 4.69) is 69.2 Å². The first-order valence-electron chi connectivity index (χ1n) is 16.6. The second-order valence-corrected chi connectivity index (χ2v) is 23.1. The molecule has 0 amide bonds.